The van der Waals surface area contributed by atoms with E-state index in [1.165, 1.54) is 32.1 Å². The molecule has 5 nitrogen and oxygen atoms in total. The molecule has 1 saturated carbocycles. The number of hydrogen-bond donors (Lipinski definition) is 2. The Balaban J connectivity index is 1.92. The van der Waals surface area contributed by atoms with Crippen LogP contribution in [-0.4, -0.2) is 49.4 Å². The topological polar surface area (TPSA) is 61.4 Å². The van der Waals surface area contributed by atoms with Gasteiger partial charge < -0.3 is 15.5 Å². The van der Waals surface area contributed by atoms with Crippen LogP contribution in [0, 0.1) is 5.92 Å². The van der Waals surface area contributed by atoms with Gasteiger partial charge in [-0.3, -0.25) is 9.59 Å². The zero-order valence-corrected chi connectivity index (χ0v) is 11.8. The molecule has 2 amide bonds. The van der Waals surface area contributed by atoms with Crippen LogP contribution in [0.15, 0.2) is 0 Å². The average molecular weight is 267 g/mol. The minimum absolute atomic E-state index is 0.0656. The Morgan fingerprint density at radius 1 is 1.26 bits per heavy atom. The number of nitrogens with one attached hydrogen (secondary N) is 2. The lowest BCUT2D eigenvalue weighted by atomic mass is 9.86. The van der Waals surface area contributed by atoms with Crippen molar-refractivity contribution in [2.45, 2.75) is 44.6 Å². The molecule has 1 atom stereocenters. The quantitative estimate of drug-likeness (QED) is 0.783. The summed E-state index contributed by atoms with van der Waals surface area (Å²) in [6.07, 6.45) is 6.76. The van der Waals surface area contributed by atoms with Crippen LogP contribution in [0.2, 0.25) is 0 Å². The lowest BCUT2D eigenvalue weighted by Crippen LogP contribution is -2.59. The van der Waals surface area contributed by atoms with Gasteiger partial charge in [-0.2, -0.15) is 0 Å². The standard InChI is InChI=1S/C14H25N3O2/c1-15-14(19)12-10-16-7-8-17(12)13(18)9-11-5-3-2-4-6-11/h11-12,16H,2-10H2,1H3,(H,15,19). The predicted molar refractivity (Wildman–Crippen MR) is 73.6 cm³/mol. The van der Waals surface area contributed by atoms with Crippen molar-refractivity contribution in [3.05, 3.63) is 0 Å². The highest BCUT2D eigenvalue weighted by molar-refractivity contribution is 5.88. The summed E-state index contributed by atoms with van der Waals surface area (Å²) >= 11 is 0. The summed E-state index contributed by atoms with van der Waals surface area (Å²) in [5.41, 5.74) is 0. The summed E-state index contributed by atoms with van der Waals surface area (Å²) in [6.45, 7) is 1.99. The lowest BCUT2D eigenvalue weighted by Gasteiger charge is -2.36. The monoisotopic (exact) mass is 267 g/mol. The van der Waals surface area contributed by atoms with Gasteiger partial charge in [0.1, 0.15) is 6.04 Å². The first-order valence-corrected chi connectivity index (χ1v) is 7.44. The van der Waals surface area contributed by atoms with Gasteiger partial charge in [0.05, 0.1) is 0 Å². The molecule has 1 saturated heterocycles. The molecule has 0 spiro atoms. The summed E-state index contributed by atoms with van der Waals surface area (Å²) < 4.78 is 0. The summed E-state index contributed by atoms with van der Waals surface area (Å²) in [6, 6.07) is -0.338. The van der Waals surface area contributed by atoms with Gasteiger partial charge in [0, 0.05) is 33.1 Å². The van der Waals surface area contributed by atoms with Crippen molar-refractivity contribution in [3.63, 3.8) is 0 Å². The molecule has 1 aliphatic heterocycles. The van der Waals surface area contributed by atoms with Crippen LogP contribution >= 0.6 is 0 Å². The zero-order chi connectivity index (χ0) is 13.7. The molecule has 1 heterocycles. The van der Waals surface area contributed by atoms with Crippen molar-refractivity contribution < 1.29 is 9.59 Å². The number of amides is 2. The molecule has 108 valence electrons. The summed E-state index contributed by atoms with van der Waals surface area (Å²) in [5, 5.41) is 5.83. The molecular formula is C14H25N3O2. The van der Waals surface area contributed by atoms with Gasteiger partial charge in [-0.1, -0.05) is 19.3 Å². The number of nitrogens with zero attached hydrogens (tertiary/aromatic N) is 1. The van der Waals surface area contributed by atoms with E-state index in [1.54, 1.807) is 11.9 Å². The van der Waals surface area contributed by atoms with Gasteiger partial charge in [0.15, 0.2) is 0 Å². The minimum atomic E-state index is -0.338. The van der Waals surface area contributed by atoms with Crippen molar-refractivity contribution >= 4 is 11.8 Å². The molecule has 2 aliphatic rings. The van der Waals surface area contributed by atoms with Crippen LogP contribution in [0.3, 0.4) is 0 Å². The second-order valence-corrected chi connectivity index (χ2v) is 5.63. The SMILES string of the molecule is CNC(=O)C1CNCCN1C(=O)CC1CCCCC1. The van der Waals surface area contributed by atoms with E-state index < -0.39 is 0 Å². The van der Waals surface area contributed by atoms with Crippen LogP contribution in [0.25, 0.3) is 0 Å². The van der Waals surface area contributed by atoms with Crippen LogP contribution in [-0.2, 0) is 9.59 Å². The van der Waals surface area contributed by atoms with Crippen molar-refractivity contribution in [2.75, 3.05) is 26.7 Å². The van der Waals surface area contributed by atoms with Crippen LogP contribution in [0.1, 0.15) is 38.5 Å². The van der Waals surface area contributed by atoms with E-state index in [4.69, 9.17) is 0 Å². The number of likely N-dealkylation sites (N-methyl/N-ethyl adjacent to an activating group) is 1. The molecule has 2 rings (SSSR count). The molecule has 1 unspecified atom stereocenters. The molecular weight excluding hydrogens is 242 g/mol. The highest BCUT2D eigenvalue weighted by Gasteiger charge is 2.32. The van der Waals surface area contributed by atoms with E-state index in [-0.39, 0.29) is 17.9 Å². The Morgan fingerprint density at radius 2 is 2.00 bits per heavy atom. The molecule has 0 aromatic heterocycles. The summed E-state index contributed by atoms with van der Waals surface area (Å²) in [5.74, 6) is 0.618. The Labute approximate surface area is 115 Å². The van der Waals surface area contributed by atoms with E-state index >= 15 is 0 Å². The lowest BCUT2D eigenvalue weighted by molar-refractivity contribution is -0.142. The molecule has 19 heavy (non-hydrogen) atoms. The maximum Gasteiger partial charge on any atom is 0.243 e. The largest absolute Gasteiger partial charge is 0.357 e. The van der Waals surface area contributed by atoms with Gasteiger partial charge in [-0.05, 0) is 18.8 Å². The molecule has 0 radical (unpaired) electrons. The number of piperazine rings is 1. The molecule has 2 N–H and O–H groups in total. The summed E-state index contributed by atoms with van der Waals surface area (Å²) in [7, 11) is 1.63. The smallest absolute Gasteiger partial charge is 0.243 e. The van der Waals surface area contributed by atoms with E-state index in [0.717, 1.165) is 6.54 Å². The fourth-order valence-corrected chi connectivity index (χ4v) is 3.16. The Hall–Kier alpha value is -1.10. The highest BCUT2D eigenvalue weighted by atomic mass is 16.2. The van der Waals surface area contributed by atoms with Crippen molar-refractivity contribution in [2.24, 2.45) is 5.92 Å². The maximum absolute atomic E-state index is 12.4. The summed E-state index contributed by atoms with van der Waals surface area (Å²) in [4.78, 5) is 26.0. The Morgan fingerprint density at radius 3 is 2.68 bits per heavy atom. The zero-order valence-electron chi connectivity index (χ0n) is 11.8. The third-order valence-corrected chi connectivity index (χ3v) is 4.30. The second kappa shape index (κ2) is 6.89. The minimum Gasteiger partial charge on any atom is -0.357 e. The normalized spacial score (nSPS) is 25.1. The van der Waals surface area contributed by atoms with Crippen LogP contribution in [0.4, 0.5) is 0 Å². The molecule has 0 bridgehead atoms. The van der Waals surface area contributed by atoms with Gasteiger partial charge >= 0.3 is 0 Å². The Kier molecular flexibility index (Phi) is 5.19. The Bertz CT molecular complexity index is 327. The highest BCUT2D eigenvalue weighted by Crippen LogP contribution is 2.27. The third kappa shape index (κ3) is 3.69. The van der Waals surface area contributed by atoms with Gasteiger partial charge in [0.2, 0.25) is 11.8 Å². The van der Waals surface area contributed by atoms with Crippen LogP contribution < -0.4 is 10.6 Å². The molecule has 2 fully saturated rings. The number of rotatable bonds is 3. The first-order chi connectivity index (χ1) is 9.22. The van der Waals surface area contributed by atoms with Gasteiger partial charge in [0.25, 0.3) is 0 Å². The number of hydrogen-bond acceptors (Lipinski definition) is 3. The van der Waals surface area contributed by atoms with E-state index in [9.17, 15) is 9.59 Å². The predicted octanol–water partition coefficient (Wildman–Crippen LogP) is 0.503. The molecule has 5 heteroatoms. The van der Waals surface area contributed by atoms with Crippen molar-refractivity contribution in [3.8, 4) is 0 Å². The fraction of sp³-hybridized carbons (Fsp3) is 0.857. The van der Waals surface area contributed by atoms with Crippen LogP contribution in [0.5, 0.6) is 0 Å². The molecule has 0 aromatic rings. The molecule has 0 aromatic carbocycles. The van der Waals surface area contributed by atoms with E-state index in [1.807, 2.05) is 0 Å². The van der Waals surface area contributed by atoms with Crippen molar-refractivity contribution in [1.29, 1.82) is 0 Å². The first kappa shape index (κ1) is 14.3. The third-order valence-electron chi connectivity index (χ3n) is 4.30. The van der Waals surface area contributed by atoms with Gasteiger partial charge in [-0.15, -0.1) is 0 Å². The maximum atomic E-state index is 12.4. The second-order valence-electron chi connectivity index (χ2n) is 5.63. The van der Waals surface area contributed by atoms with E-state index in [2.05, 4.69) is 10.6 Å². The van der Waals surface area contributed by atoms with Crippen molar-refractivity contribution in [1.82, 2.24) is 15.5 Å². The van der Waals surface area contributed by atoms with E-state index in [0.29, 0.717) is 25.4 Å². The van der Waals surface area contributed by atoms with Gasteiger partial charge in [-0.25, -0.2) is 0 Å². The average Bonchev–Trinajstić information content (AvgIpc) is 2.47. The number of carbonyl (C=O) groups excluding carboxylic acids is 2. The number of carbonyl (C=O) groups is 2. The first-order valence-electron chi connectivity index (χ1n) is 7.44. The fourth-order valence-electron chi connectivity index (χ4n) is 3.16. The molecule has 1 aliphatic carbocycles.